The molecule has 0 aromatic heterocycles. The molecule has 1 aromatic carbocycles. The zero-order valence-corrected chi connectivity index (χ0v) is 13.7. The number of fused-ring (bicyclic) bond motifs is 1. The lowest BCUT2D eigenvalue weighted by Gasteiger charge is -2.40. The summed E-state index contributed by atoms with van der Waals surface area (Å²) in [5.41, 5.74) is 2.29. The predicted octanol–water partition coefficient (Wildman–Crippen LogP) is 3.18. The second kappa shape index (κ2) is 5.58. The molecule has 22 heavy (non-hydrogen) atoms. The van der Waals surface area contributed by atoms with Gasteiger partial charge in [-0.15, -0.1) is 0 Å². The maximum atomic E-state index is 12.3. The minimum Gasteiger partial charge on any atom is -0.444 e. The van der Waals surface area contributed by atoms with Gasteiger partial charge in [-0.2, -0.15) is 0 Å². The Bertz CT molecular complexity index is 556. The van der Waals surface area contributed by atoms with Gasteiger partial charge in [0.15, 0.2) is 0 Å². The second-order valence-corrected chi connectivity index (χ2v) is 7.57. The fourth-order valence-electron chi connectivity index (χ4n) is 3.83. The van der Waals surface area contributed by atoms with Crippen molar-refractivity contribution >= 4 is 6.09 Å². The van der Waals surface area contributed by atoms with Gasteiger partial charge in [0.25, 0.3) is 0 Å². The molecule has 0 bridgehead atoms. The van der Waals surface area contributed by atoms with Crippen LogP contribution in [0.1, 0.15) is 50.8 Å². The number of carbonyl (C=O) groups is 1. The SMILES string of the molecule is CC(C)(C)OC(=O)N[C@@H]1c2ccccc2CC12CCNCC2. The van der Waals surface area contributed by atoms with Crippen LogP contribution in [0.25, 0.3) is 0 Å². The van der Waals surface area contributed by atoms with Crippen molar-refractivity contribution in [1.82, 2.24) is 10.6 Å². The Kier molecular flexibility index (Phi) is 3.89. The molecule has 1 fully saturated rings. The van der Waals surface area contributed by atoms with Gasteiger partial charge in [-0.1, -0.05) is 24.3 Å². The van der Waals surface area contributed by atoms with E-state index in [9.17, 15) is 4.79 Å². The van der Waals surface area contributed by atoms with Crippen LogP contribution in [-0.4, -0.2) is 24.8 Å². The number of rotatable bonds is 1. The molecule has 4 nitrogen and oxygen atoms in total. The molecule has 1 atom stereocenters. The first-order valence-electron chi connectivity index (χ1n) is 8.18. The van der Waals surface area contributed by atoms with Crippen molar-refractivity contribution in [2.24, 2.45) is 5.41 Å². The molecule has 1 amide bonds. The highest BCUT2D eigenvalue weighted by Gasteiger charge is 2.47. The number of carbonyl (C=O) groups excluding carboxylic acids is 1. The van der Waals surface area contributed by atoms with Gasteiger partial charge in [0, 0.05) is 5.41 Å². The fraction of sp³-hybridized carbons (Fsp3) is 0.611. The summed E-state index contributed by atoms with van der Waals surface area (Å²) in [7, 11) is 0. The van der Waals surface area contributed by atoms with Crippen molar-refractivity contribution in [3.63, 3.8) is 0 Å². The Morgan fingerprint density at radius 2 is 1.95 bits per heavy atom. The molecule has 1 aromatic rings. The lowest BCUT2D eigenvalue weighted by atomic mass is 9.73. The van der Waals surface area contributed by atoms with E-state index in [4.69, 9.17) is 4.74 Å². The average Bonchev–Trinajstić information content (AvgIpc) is 2.72. The summed E-state index contributed by atoms with van der Waals surface area (Å²) >= 11 is 0. The van der Waals surface area contributed by atoms with Crippen molar-refractivity contribution in [3.05, 3.63) is 35.4 Å². The van der Waals surface area contributed by atoms with Crippen LogP contribution >= 0.6 is 0 Å². The third kappa shape index (κ3) is 2.98. The van der Waals surface area contributed by atoms with Crippen molar-refractivity contribution in [2.45, 2.75) is 51.7 Å². The summed E-state index contributed by atoms with van der Waals surface area (Å²) in [6.07, 6.45) is 2.91. The Morgan fingerprint density at radius 1 is 1.27 bits per heavy atom. The van der Waals surface area contributed by atoms with E-state index in [0.29, 0.717) is 0 Å². The van der Waals surface area contributed by atoms with Crippen LogP contribution in [0.2, 0.25) is 0 Å². The standard InChI is InChI=1S/C18H26N2O2/c1-17(2,3)22-16(21)20-15-14-7-5-4-6-13(14)12-18(15)8-10-19-11-9-18/h4-7,15,19H,8-12H2,1-3H3,(H,20,21)/t15-/m1/s1. The van der Waals surface area contributed by atoms with Crippen LogP contribution in [0, 0.1) is 5.41 Å². The quantitative estimate of drug-likeness (QED) is 0.837. The summed E-state index contributed by atoms with van der Waals surface area (Å²) in [6, 6.07) is 8.54. The molecule has 0 saturated carbocycles. The summed E-state index contributed by atoms with van der Waals surface area (Å²) in [4.78, 5) is 12.3. The maximum absolute atomic E-state index is 12.3. The zero-order valence-electron chi connectivity index (χ0n) is 13.7. The lowest BCUT2D eigenvalue weighted by molar-refractivity contribution is 0.0421. The maximum Gasteiger partial charge on any atom is 0.408 e. The van der Waals surface area contributed by atoms with Crippen LogP contribution in [0.5, 0.6) is 0 Å². The van der Waals surface area contributed by atoms with Crippen molar-refractivity contribution < 1.29 is 9.53 Å². The molecule has 1 spiro atoms. The van der Waals surface area contributed by atoms with E-state index in [1.807, 2.05) is 20.8 Å². The molecule has 1 saturated heterocycles. The molecule has 1 heterocycles. The number of alkyl carbamates (subject to hydrolysis) is 1. The molecule has 120 valence electrons. The summed E-state index contributed by atoms with van der Waals surface area (Å²) in [5, 5.41) is 6.59. The first kappa shape index (κ1) is 15.3. The topological polar surface area (TPSA) is 50.4 Å². The van der Waals surface area contributed by atoms with Gasteiger partial charge in [0.2, 0.25) is 0 Å². The van der Waals surface area contributed by atoms with E-state index in [1.54, 1.807) is 0 Å². The fourth-order valence-corrected chi connectivity index (χ4v) is 3.83. The Balaban J connectivity index is 1.85. The Labute approximate surface area is 132 Å². The van der Waals surface area contributed by atoms with Gasteiger partial charge in [0.1, 0.15) is 5.60 Å². The van der Waals surface area contributed by atoms with Crippen molar-refractivity contribution in [2.75, 3.05) is 13.1 Å². The predicted molar refractivity (Wildman–Crippen MR) is 86.8 cm³/mol. The molecule has 2 aliphatic rings. The van der Waals surface area contributed by atoms with Crippen LogP contribution in [0.15, 0.2) is 24.3 Å². The largest absolute Gasteiger partial charge is 0.444 e. The normalized spacial score (nSPS) is 23.1. The van der Waals surface area contributed by atoms with Gasteiger partial charge in [-0.25, -0.2) is 4.79 Å². The Hall–Kier alpha value is -1.55. The molecular weight excluding hydrogens is 276 g/mol. The first-order chi connectivity index (χ1) is 10.4. The number of nitrogens with one attached hydrogen (secondary N) is 2. The Morgan fingerprint density at radius 3 is 2.64 bits per heavy atom. The zero-order chi connectivity index (χ0) is 15.8. The number of benzene rings is 1. The number of hydrogen-bond donors (Lipinski definition) is 2. The second-order valence-electron chi connectivity index (χ2n) is 7.57. The van der Waals surface area contributed by atoms with E-state index in [-0.39, 0.29) is 17.6 Å². The third-order valence-electron chi connectivity index (χ3n) is 4.78. The van der Waals surface area contributed by atoms with E-state index in [2.05, 4.69) is 34.9 Å². The number of hydrogen-bond acceptors (Lipinski definition) is 3. The molecule has 0 radical (unpaired) electrons. The molecule has 0 unspecified atom stereocenters. The number of amides is 1. The lowest BCUT2D eigenvalue weighted by Crippen LogP contribution is -2.46. The molecule has 4 heteroatoms. The highest BCUT2D eigenvalue weighted by Crippen LogP contribution is 2.51. The summed E-state index contributed by atoms with van der Waals surface area (Å²) < 4.78 is 5.48. The first-order valence-corrected chi connectivity index (χ1v) is 8.18. The van der Waals surface area contributed by atoms with E-state index in [0.717, 1.165) is 32.4 Å². The van der Waals surface area contributed by atoms with Gasteiger partial charge >= 0.3 is 6.09 Å². The van der Waals surface area contributed by atoms with Gasteiger partial charge in [0.05, 0.1) is 6.04 Å². The number of ether oxygens (including phenoxy) is 1. The molecule has 3 rings (SSSR count). The van der Waals surface area contributed by atoms with E-state index < -0.39 is 5.60 Å². The summed E-state index contributed by atoms with van der Waals surface area (Å²) in [5.74, 6) is 0. The minimum absolute atomic E-state index is 0.0562. The van der Waals surface area contributed by atoms with E-state index in [1.165, 1.54) is 11.1 Å². The van der Waals surface area contributed by atoms with Gasteiger partial charge < -0.3 is 15.4 Å². The highest BCUT2D eigenvalue weighted by atomic mass is 16.6. The average molecular weight is 302 g/mol. The van der Waals surface area contributed by atoms with Crippen LogP contribution in [0.4, 0.5) is 4.79 Å². The molecule has 1 aliphatic carbocycles. The smallest absolute Gasteiger partial charge is 0.408 e. The highest BCUT2D eigenvalue weighted by molar-refractivity contribution is 5.69. The van der Waals surface area contributed by atoms with Crippen LogP contribution in [0.3, 0.4) is 0 Å². The van der Waals surface area contributed by atoms with Crippen molar-refractivity contribution in [1.29, 1.82) is 0 Å². The summed E-state index contributed by atoms with van der Waals surface area (Å²) in [6.45, 7) is 7.72. The monoisotopic (exact) mass is 302 g/mol. The van der Waals surface area contributed by atoms with Crippen molar-refractivity contribution in [3.8, 4) is 0 Å². The van der Waals surface area contributed by atoms with Gasteiger partial charge in [-0.05, 0) is 64.3 Å². The van der Waals surface area contributed by atoms with Gasteiger partial charge in [-0.3, -0.25) is 0 Å². The molecular formula is C18H26N2O2. The van der Waals surface area contributed by atoms with E-state index >= 15 is 0 Å². The van der Waals surface area contributed by atoms with Crippen LogP contribution < -0.4 is 10.6 Å². The number of piperidine rings is 1. The third-order valence-corrected chi connectivity index (χ3v) is 4.78. The molecule has 1 aliphatic heterocycles. The minimum atomic E-state index is -0.469. The molecule has 2 N–H and O–H groups in total. The van der Waals surface area contributed by atoms with Crippen LogP contribution in [-0.2, 0) is 11.2 Å².